The van der Waals surface area contributed by atoms with Gasteiger partial charge in [-0.25, -0.2) is 0 Å². The van der Waals surface area contributed by atoms with Crippen LogP contribution in [-0.2, 0) is 0 Å². The molecule has 0 amide bonds. The van der Waals surface area contributed by atoms with Crippen LogP contribution >= 0.6 is 0 Å². The molecular formula is C9H27N3O2. The standard InChI is InChI=1S/C5H13NO.C2H7NO.C2H7N/c1-5(2,3-6)4-7;3-1-2-4;1-2-3/h7H,3-4,6H2,1-2H3;4H,1-3H2;2-3H2,1H3. The van der Waals surface area contributed by atoms with Crippen molar-refractivity contribution >= 4 is 0 Å². The van der Waals surface area contributed by atoms with Crippen LogP contribution in [0.2, 0.25) is 0 Å². The Kier molecular flexibility index (Phi) is 21.2. The summed E-state index contributed by atoms with van der Waals surface area (Å²) in [4.78, 5) is 0. The fourth-order valence-electron chi connectivity index (χ4n) is 0.0645. The Balaban J connectivity index is -0.000000147. The molecule has 0 aliphatic rings. The normalized spacial score (nSPS) is 9.43. The maximum absolute atomic E-state index is 8.51. The van der Waals surface area contributed by atoms with E-state index in [1.807, 2.05) is 20.8 Å². The van der Waals surface area contributed by atoms with Gasteiger partial charge in [-0.15, -0.1) is 0 Å². The first-order chi connectivity index (χ1) is 6.45. The second-order valence-electron chi connectivity index (χ2n) is 3.45. The number of hydrogen-bond acceptors (Lipinski definition) is 5. The summed E-state index contributed by atoms with van der Waals surface area (Å²) in [6.07, 6.45) is 0. The molecule has 0 spiro atoms. The van der Waals surface area contributed by atoms with Crippen LogP contribution in [0.1, 0.15) is 20.8 Å². The molecule has 0 aromatic carbocycles. The molecule has 0 saturated carbocycles. The lowest BCUT2D eigenvalue weighted by atomic mass is 9.96. The van der Waals surface area contributed by atoms with E-state index >= 15 is 0 Å². The Hall–Kier alpha value is -0.200. The van der Waals surface area contributed by atoms with Crippen molar-refractivity contribution in [3.63, 3.8) is 0 Å². The number of hydrogen-bond donors (Lipinski definition) is 5. The zero-order chi connectivity index (χ0) is 12.0. The summed E-state index contributed by atoms with van der Waals surface area (Å²) in [5.74, 6) is 0. The quantitative estimate of drug-likeness (QED) is 0.403. The Morgan fingerprint density at radius 1 is 1.07 bits per heavy atom. The number of nitrogens with two attached hydrogens (primary N) is 3. The monoisotopic (exact) mass is 209 g/mol. The van der Waals surface area contributed by atoms with Crippen molar-refractivity contribution in [3.8, 4) is 0 Å². The van der Waals surface area contributed by atoms with Crippen molar-refractivity contribution in [3.05, 3.63) is 0 Å². The third kappa shape index (κ3) is 29.8. The Morgan fingerprint density at radius 3 is 1.36 bits per heavy atom. The molecule has 0 aliphatic carbocycles. The SMILES string of the molecule is CC(C)(CN)CO.CCN.NCCO. The molecule has 0 aromatic rings. The molecule has 0 saturated heterocycles. The first-order valence-electron chi connectivity index (χ1n) is 4.77. The molecule has 0 unspecified atom stereocenters. The van der Waals surface area contributed by atoms with Crippen LogP contribution in [0.15, 0.2) is 0 Å². The molecule has 90 valence electrons. The summed E-state index contributed by atoms with van der Waals surface area (Å²) >= 11 is 0. The van der Waals surface area contributed by atoms with Gasteiger partial charge in [-0.1, -0.05) is 20.8 Å². The molecule has 8 N–H and O–H groups in total. The van der Waals surface area contributed by atoms with Crippen molar-refractivity contribution in [1.29, 1.82) is 0 Å². The highest BCUT2D eigenvalue weighted by molar-refractivity contribution is 4.65. The van der Waals surface area contributed by atoms with E-state index in [1.54, 1.807) is 0 Å². The summed E-state index contributed by atoms with van der Waals surface area (Å²) in [6, 6.07) is 0. The average Bonchev–Trinajstić information content (AvgIpc) is 2.19. The number of aliphatic hydroxyl groups excluding tert-OH is 2. The first kappa shape index (κ1) is 19.4. The number of rotatable bonds is 3. The second kappa shape index (κ2) is 15.3. The van der Waals surface area contributed by atoms with Crippen molar-refractivity contribution in [2.75, 3.05) is 32.8 Å². The maximum Gasteiger partial charge on any atom is 0.0553 e. The van der Waals surface area contributed by atoms with Gasteiger partial charge in [0.1, 0.15) is 0 Å². The van der Waals surface area contributed by atoms with Gasteiger partial charge in [0.25, 0.3) is 0 Å². The highest BCUT2D eigenvalue weighted by atomic mass is 16.3. The molecule has 0 radical (unpaired) electrons. The lowest BCUT2D eigenvalue weighted by Gasteiger charge is -2.17. The molecule has 0 aliphatic heterocycles. The lowest BCUT2D eigenvalue weighted by molar-refractivity contribution is 0.167. The number of aliphatic hydroxyl groups is 2. The minimum Gasteiger partial charge on any atom is -0.396 e. The maximum atomic E-state index is 8.51. The van der Waals surface area contributed by atoms with Gasteiger partial charge in [0, 0.05) is 18.6 Å². The molecule has 0 heterocycles. The third-order valence-corrected chi connectivity index (χ3v) is 1.11. The van der Waals surface area contributed by atoms with Gasteiger partial charge in [0.2, 0.25) is 0 Å². The predicted octanol–water partition coefficient (Wildman–Crippen LogP) is -1.13. The van der Waals surface area contributed by atoms with Gasteiger partial charge in [-0.2, -0.15) is 0 Å². The van der Waals surface area contributed by atoms with E-state index in [-0.39, 0.29) is 18.6 Å². The van der Waals surface area contributed by atoms with Gasteiger partial charge in [-0.05, 0) is 13.1 Å². The predicted molar refractivity (Wildman–Crippen MR) is 60.8 cm³/mol. The van der Waals surface area contributed by atoms with Gasteiger partial charge in [0.15, 0.2) is 0 Å². The Bertz CT molecular complexity index is 82.1. The smallest absolute Gasteiger partial charge is 0.0553 e. The second-order valence-corrected chi connectivity index (χ2v) is 3.45. The van der Waals surface area contributed by atoms with Crippen LogP contribution in [0.3, 0.4) is 0 Å². The van der Waals surface area contributed by atoms with E-state index in [2.05, 4.69) is 0 Å². The molecule has 0 fully saturated rings. The minimum atomic E-state index is -0.0833. The zero-order valence-corrected chi connectivity index (χ0v) is 9.66. The van der Waals surface area contributed by atoms with Gasteiger partial charge >= 0.3 is 0 Å². The zero-order valence-electron chi connectivity index (χ0n) is 9.66. The first-order valence-corrected chi connectivity index (χ1v) is 4.77. The molecule has 14 heavy (non-hydrogen) atoms. The van der Waals surface area contributed by atoms with Crippen LogP contribution in [0, 0.1) is 5.41 Å². The van der Waals surface area contributed by atoms with Crippen LogP contribution in [-0.4, -0.2) is 43.1 Å². The molecule has 0 atom stereocenters. The summed E-state index contributed by atoms with van der Waals surface area (Å²) in [5, 5.41) is 16.3. The molecular weight excluding hydrogens is 182 g/mol. The molecule has 5 nitrogen and oxygen atoms in total. The molecule has 0 bridgehead atoms. The highest BCUT2D eigenvalue weighted by Gasteiger charge is 2.11. The molecule has 0 aromatic heterocycles. The van der Waals surface area contributed by atoms with Crippen molar-refractivity contribution in [1.82, 2.24) is 0 Å². The van der Waals surface area contributed by atoms with Crippen LogP contribution < -0.4 is 17.2 Å². The van der Waals surface area contributed by atoms with Crippen LogP contribution in [0.5, 0.6) is 0 Å². The van der Waals surface area contributed by atoms with Gasteiger partial charge < -0.3 is 27.4 Å². The summed E-state index contributed by atoms with van der Waals surface area (Å²) in [5.41, 5.74) is 14.8. The lowest BCUT2D eigenvalue weighted by Crippen LogP contribution is -2.26. The Morgan fingerprint density at radius 2 is 1.36 bits per heavy atom. The summed E-state index contributed by atoms with van der Waals surface area (Å²) < 4.78 is 0. The van der Waals surface area contributed by atoms with E-state index in [1.165, 1.54) is 0 Å². The molecule has 5 heteroatoms. The van der Waals surface area contributed by atoms with E-state index in [4.69, 9.17) is 27.4 Å². The van der Waals surface area contributed by atoms with Crippen molar-refractivity contribution < 1.29 is 10.2 Å². The Labute approximate surface area is 87.3 Å². The van der Waals surface area contributed by atoms with E-state index in [0.29, 0.717) is 13.1 Å². The van der Waals surface area contributed by atoms with Crippen molar-refractivity contribution in [2.24, 2.45) is 22.6 Å². The van der Waals surface area contributed by atoms with E-state index in [0.717, 1.165) is 6.54 Å². The fourth-order valence-corrected chi connectivity index (χ4v) is 0.0645. The third-order valence-electron chi connectivity index (χ3n) is 1.11. The van der Waals surface area contributed by atoms with Crippen LogP contribution in [0.25, 0.3) is 0 Å². The van der Waals surface area contributed by atoms with Crippen LogP contribution in [0.4, 0.5) is 0 Å². The fraction of sp³-hybridized carbons (Fsp3) is 1.00. The van der Waals surface area contributed by atoms with Gasteiger partial charge in [0.05, 0.1) is 6.61 Å². The van der Waals surface area contributed by atoms with Gasteiger partial charge in [-0.3, -0.25) is 0 Å². The largest absolute Gasteiger partial charge is 0.396 e. The topological polar surface area (TPSA) is 119 Å². The highest BCUT2D eigenvalue weighted by Crippen LogP contribution is 2.08. The van der Waals surface area contributed by atoms with E-state index in [9.17, 15) is 0 Å². The minimum absolute atomic E-state index is 0.0833. The average molecular weight is 209 g/mol. The molecule has 0 rings (SSSR count). The summed E-state index contributed by atoms with van der Waals surface area (Å²) in [7, 11) is 0. The summed E-state index contributed by atoms with van der Waals surface area (Å²) in [6.45, 7) is 7.69. The van der Waals surface area contributed by atoms with Crippen molar-refractivity contribution in [2.45, 2.75) is 20.8 Å². The van der Waals surface area contributed by atoms with E-state index < -0.39 is 0 Å².